The zero-order valence-electron chi connectivity index (χ0n) is 14.9. The summed E-state index contributed by atoms with van der Waals surface area (Å²) in [4.78, 5) is 13.2. The maximum Gasteiger partial charge on any atom is 0.329 e. The Bertz CT molecular complexity index is 1100. The predicted octanol–water partition coefficient (Wildman–Crippen LogP) is 2.92. The van der Waals surface area contributed by atoms with E-state index < -0.39 is 0 Å². The Morgan fingerprint density at radius 2 is 2.15 bits per heavy atom. The first kappa shape index (κ1) is 17.7. The summed E-state index contributed by atoms with van der Waals surface area (Å²) in [5.74, 6) is 0.596. The van der Waals surface area contributed by atoms with Gasteiger partial charge in [0.15, 0.2) is 0 Å². The van der Waals surface area contributed by atoms with E-state index in [4.69, 9.17) is 16.3 Å². The molecule has 1 atom stereocenters. The van der Waals surface area contributed by atoms with Gasteiger partial charge in [-0.1, -0.05) is 17.7 Å². The molecule has 1 saturated heterocycles. The summed E-state index contributed by atoms with van der Waals surface area (Å²) in [5.41, 5.74) is 2.98. The number of halogens is 1. The smallest absolute Gasteiger partial charge is 0.329 e. The molecule has 1 aliphatic heterocycles. The molecule has 138 valence electrons. The van der Waals surface area contributed by atoms with Crippen molar-refractivity contribution in [2.45, 2.75) is 19.0 Å². The molecular formula is C20H19ClN4O2. The average molecular weight is 383 g/mol. The van der Waals surface area contributed by atoms with Crippen LogP contribution in [0.5, 0.6) is 5.75 Å². The second-order valence-electron chi connectivity index (χ2n) is 6.67. The van der Waals surface area contributed by atoms with Crippen LogP contribution in [0.4, 0.5) is 0 Å². The highest BCUT2D eigenvalue weighted by Crippen LogP contribution is 2.27. The van der Waals surface area contributed by atoms with Crippen molar-refractivity contribution in [1.29, 1.82) is 5.26 Å². The lowest BCUT2D eigenvalue weighted by atomic mass is 10.2. The minimum Gasteiger partial charge on any atom is -0.495 e. The van der Waals surface area contributed by atoms with Crippen molar-refractivity contribution in [1.82, 2.24) is 14.5 Å². The molecular weight excluding hydrogens is 364 g/mol. The Kier molecular flexibility index (Phi) is 4.65. The summed E-state index contributed by atoms with van der Waals surface area (Å²) >= 11 is 6.24. The van der Waals surface area contributed by atoms with Crippen molar-refractivity contribution in [3.05, 3.63) is 63.0 Å². The van der Waals surface area contributed by atoms with Gasteiger partial charge >= 0.3 is 5.69 Å². The summed E-state index contributed by atoms with van der Waals surface area (Å²) in [6.45, 7) is 2.04. The molecule has 6 nitrogen and oxygen atoms in total. The number of nitriles is 1. The number of nitrogens with zero attached hydrogens (tertiary/aromatic N) is 3. The molecule has 2 heterocycles. The van der Waals surface area contributed by atoms with Gasteiger partial charge in [-0.15, -0.1) is 0 Å². The van der Waals surface area contributed by atoms with Gasteiger partial charge in [0.25, 0.3) is 0 Å². The first-order chi connectivity index (χ1) is 13.1. The van der Waals surface area contributed by atoms with Crippen molar-refractivity contribution in [2.24, 2.45) is 0 Å². The van der Waals surface area contributed by atoms with Gasteiger partial charge in [-0.2, -0.15) is 5.26 Å². The lowest BCUT2D eigenvalue weighted by Gasteiger charge is -2.10. The topological polar surface area (TPSA) is 72.0 Å². The van der Waals surface area contributed by atoms with Gasteiger partial charge in [0.2, 0.25) is 0 Å². The van der Waals surface area contributed by atoms with Crippen LogP contribution in [0.1, 0.15) is 23.6 Å². The number of methoxy groups -OCH3 is 1. The number of fused-ring (bicyclic) bond motifs is 1. The number of imidazole rings is 1. The minimum absolute atomic E-state index is 0.0688. The Morgan fingerprint density at radius 1 is 1.30 bits per heavy atom. The highest BCUT2D eigenvalue weighted by molar-refractivity contribution is 6.32. The molecule has 27 heavy (non-hydrogen) atoms. The van der Waals surface area contributed by atoms with E-state index >= 15 is 0 Å². The average Bonchev–Trinajstić information content (AvgIpc) is 3.28. The SMILES string of the molecule is COc1ccc(Cn2c(=O)n([C@@H]3CCNC3)c3ccc(C#N)cc32)cc1Cl. The fourth-order valence-corrected chi connectivity index (χ4v) is 3.99. The van der Waals surface area contributed by atoms with Crippen LogP contribution in [-0.2, 0) is 6.54 Å². The third-order valence-corrected chi connectivity index (χ3v) is 5.34. The van der Waals surface area contributed by atoms with E-state index in [0.29, 0.717) is 22.9 Å². The third-order valence-electron chi connectivity index (χ3n) is 5.05. The molecule has 0 amide bonds. The monoisotopic (exact) mass is 382 g/mol. The molecule has 3 aromatic rings. The normalized spacial score (nSPS) is 16.6. The Hall–Kier alpha value is -2.75. The van der Waals surface area contributed by atoms with Crippen molar-refractivity contribution in [2.75, 3.05) is 20.2 Å². The standard InChI is InChI=1S/C20H19ClN4O2/c1-27-19-5-3-14(8-16(19)21)12-24-18-9-13(10-22)2-4-17(18)25(20(24)26)15-6-7-23-11-15/h2-5,8-9,15,23H,6-7,11-12H2,1H3/t15-/m1/s1. The zero-order chi connectivity index (χ0) is 19.0. The van der Waals surface area contributed by atoms with Crippen LogP contribution in [0.3, 0.4) is 0 Å². The lowest BCUT2D eigenvalue weighted by molar-refractivity contribution is 0.415. The van der Waals surface area contributed by atoms with Crippen molar-refractivity contribution in [3.63, 3.8) is 0 Å². The van der Waals surface area contributed by atoms with Gasteiger partial charge in [-0.25, -0.2) is 4.79 Å². The van der Waals surface area contributed by atoms with Crippen LogP contribution < -0.4 is 15.7 Å². The van der Waals surface area contributed by atoms with Crippen LogP contribution in [0.25, 0.3) is 11.0 Å². The fraction of sp³-hybridized carbons (Fsp3) is 0.300. The minimum atomic E-state index is -0.0688. The number of rotatable bonds is 4. The number of hydrogen-bond acceptors (Lipinski definition) is 4. The Morgan fingerprint density at radius 3 is 2.81 bits per heavy atom. The summed E-state index contributed by atoms with van der Waals surface area (Å²) in [7, 11) is 1.57. The molecule has 1 N–H and O–H groups in total. The quantitative estimate of drug-likeness (QED) is 0.753. The van der Waals surface area contributed by atoms with Gasteiger partial charge in [0.05, 0.1) is 47.4 Å². The summed E-state index contributed by atoms with van der Waals surface area (Å²) < 4.78 is 8.76. The number of nitrogens with one attached hydrogen (secondary N) is 1. The molecule has 1 aliphatic rings. The molecule has 0 unspecified atom stereocenters. The van der Waals surface area contributed by atoms with Crippen molar-refractivity contribution in [3.8, 4) is 11.8 Å². The van der Waals surface area contributed by atoms with Crippen LogP contribution >= 0.6 is 11.6 Å². The van der Waals surface area contributed by atoms with Crippen molar-refractivity contribution >= 4 is 22.6 Å². The molecule has 0 spiro atoms. The van der Waals surface area contributed by atoms with E-state index in [1.54, 1.807) is 35.9 Å². The van der Waals surface area contributed by atoms with Crippen LogP contribution in [0.15, 0.2) is 41.2 Å². The van der Waals surface area contributed by atoms with Crippen LogP contribution in [0, 0.1) is 11.3 Å². The fourth-order valence-electron chi connectivity index (χ4n) is 3.71. The van der Waals surface area contributed by atoms with Crippen LogP contribution in [0.2, 0.25) is 5.02 Å². The number of ether oxygens (including phenoxy) is 1. The van der Waals surface area contributed by atoms with E-state index in [1.165, 1.54) is 0 Å². The number of hydrogen-bond donors (Lipinski definition) is 1. The van der Waals surface area contributed by atoms with E-state index in [0.717, 1.165) is 36.1 Å². The highest BCUT2D eigenvalue weighted by Gasteiger charge is 2.23. The van der Waals surface area contributed by atoms with Gasteiger partial charge in [0.1, 0.15) is 5.75 Å². The maximum atomic E-state index is 13.2. The molecule has 4 rings (SSSR count). The number of aromatic nitrogens is 2. The van der Waals surface area contributed by atoms with E-state index in [-0.39, 0.29) is 11.7 Å². The summed E-state index contributed by atoms with van der Waals surface area (Å²) in [6, 6.07) is 13.2. The second kappa shape index (κ2) is 7.10. The largest absolute Gasteiger partial charge is 0.495 e. The summed E-state index contributed by atoms with van der Waals surface area (Å²) in [6.07, 6.45) is 0.910. The number of benzene rings is 2. The highest BCUT2D eigenvalue weighted by atomic mass is 35.5. The molecule has 0 saturated carbocycles. The molecule has 1 aromatic heterocycles. The van der Waals surface area contributed by atoms with Gasteiger partial charge in [0, 0.05) is 6.54 Å². The van der Waals surface area contributed by atoms with Crippen LogP contribution in [-0.4, -0.2) is 29.3 Å². The molecule has 0 radical (unpaired) electrons. The molecule has 0 bridgehead atoms. The predicted molar refractivity (Wildman–Crippen MR) is 105 cm³/mol. The van der Waals surface area contributed by atoms with E-state index in [2.05, 4.69) is 11.4 Å². The zero-order valence-corrected chi connectivity index (χ0v) is 15.7. The molecule has 7 heteroatoms. The van der Waals surface area contributed by atoms with Crippen molar-refractivity contribution < 1.29 is 4.74 Å². The Balaban J connectivity index is 1.86. The first-order valence-corrected chi connectivity index (χ1v) is 9.18. The van der Waals surface area contributed by atoms with Gasteiger partial charge < -0.3 is 10.1 Å². The van der Waals surface area contributed by atoms with E-state index in [9.17, 15) is 10.1 Å². The molecule has 1 fully saturated rings. The van der Waals surface area contributed by atoms with E-state index in [1.807, 2.05) is 16.7 Å². The second-order valence-corrected chi connectivity index (χ2v) is 7.08. The third kappa shape index (κ3) is 3.09. The first-order valence-electron chi connectivity index (χ1n) is 8.80. The van der Waals surface area contributed by atoms with Gasteiger partial charge in [-0.05, 0) is 48.9 Å². The summed E-state index contributed by atoms with van der Waals surface area (Å²) in [5, 5.41) is 13.1. The van der Waals surface area contributed by atoms with Gasteiger partial charge in [-0.3, -0.25) is 9.13 Å². The molecule has 2 aromatic carbocycles. The Labute approximate surface area is 161 Å². The lowest BCUT2D eigenvalue weighted by Crippen LogP contribution is -2.28. The maximum absolute atomic E-state index is 13.2. The molecule has 0 aliphatic carbocycles.